The molecule has 2 N–H and O–H groups in total. The van der Waals surface area contributed by atoms with Crippen molar-refractivity contribution in [2.45, 2.75) is 82.7 Å². The van der Waals surface area contributed by atoms with E-state index in [1.807, 2.05) is 6.20 Å². The minimum atomic E-state index is 0.399. The highest BCUT2D eigenvalue weighted by Crippen LogP contribution is 2.39. The average Bonchev–Trinajstić information content (AvgIpc) is 3.36. The molecule has 0 aliphatic heterocycles. The minimum absolute atomic E-state index is 0.399. The molecule has 0 amide bonds. The topological polar surface area (TPSA) is 69.6 Å². The second-order valence-electron chi connectivity index (χ2n) is 9.02. The Morgan fingerprint density at radius 1 is 0.963 bits per heavy atom. The summed E-state index contributed by atoms with van der Waals surface area (Å²) >= 11 is 0. The van der Waals surface area contributed by atoms with E-state index < -0.39 is 0 Å². The van der Waals surface area contributed by atoms with Crippen molar-refractivity contribution in [1.29, 1.82) is 0 Å². The summed E-state index contributed by atoms with van der Waals surface area (Å²) in [7, 11) is 0. The van der Waals surface area contributed by atoms with Gasteiger partial charge in [-0.05, 0) is 82.1 Å². The molecule has 0 radical (unpaired) electrons. The first-order chi connectivity index (χ1) is 13.3. The molecule has 27 heavy (non-hydrogen) atoms. The summed E-state index contributed by atoms with van der Waals surface area (Å²) in [4.78, 5) is 9.55. The van der Waals surface area contributed by atoms with Gasteiger partial charge in [0, 0.05) is 29.9 Å². The Hall–Kier alpha value is -1.75. The molecule has 0 spiro atoms. The van der Waals surface area contributed by atoms with Gasteiger partial charge in [0.2, 0.25) is 0 Å². The van der Waals surface area contributed by atoms with Crippen LogP contribution in [0.15, 0.2) is 18.5 Å². The molecule has 144 valence electrons. The van der Waals surface area contributed by atoms with E-state index in [1.165, 1.54) is 56.2 Å². The van der Waals surface area contributed by atoms with Crippen molar-refractivity contribution in [3.63, 3.8) is 0 Å². The fourth-order valence-corrected chi connectivity index (χ4v) is 4.64. The molecule has 3 saturated carbocycles. The molecule has 5 nitrogen and oxygen atoms in total. The molecule has 3 aliphatic carbocycles. The number of hydrogen-bond acceptors (Lipinski definition) is 4. The number of aromatic nitrogens is 4. The Morgan fingerprint density at radius 3 is 2.41 bits per heavy atom. The molecule has 3 fully saturated rings. The zero-order valence-electron chi connectivity index (χ0n) is 16.2. The highest BCUT2D eigenvalue weighted by Gasteiger charge is 2.30. The van der Waals surface area contributed by atoms with Gasteiger partial charge < -0.3 is 5.73 Å². The molecule has 3 aliphatic rings. The van der Waals surface area contributed by atoms with E-state index in [1.54, 1.807) is 0 Å². The van der Waals surface area contributed by atoms with E-state index in [9.17, 15) is 0 Å². The summed E-state index contributed by atoms with van der Waals surface area (Å²) in [5.41, 5.74) is 9.77. The van der Waals surface area contributed by atoms with Crippen molar-refractivity contribution in [3.05, 3.63) is 30.0 Å². The standard InChI is InChI=1S/C22H31N5/c23-17-8-6-16(7-9-17)13-22-24-11-10-20(26-22)19-14-25-27(18-2-1-3-18)21(19)12-15-4-5-15/h10-11,14-18H,1-9,12-13,23H2. The SMILES string of the molecule is NC1CCC(Cc2nccc(-c3cnn(C4CCC4)c3CC3CC3)n2)CC1. The van der Waals surface area contributed by atoms with Gasteiger partial charge in [-0.2, -0.15) is 5.10 Å². The third kappa shape index (κ3) is 3.79. The summed E-state index contributed by atoms with van der Waals surface area (Å²) in [5.74, 6) is 2.53. The molecular weight excluding hydrogens is 334 g/mol. The quantitative estimate of drug-likeness (QED) is 0.837. The Bertz CT molecular complexity index is 782. The summed E-state index contributed by atoms with van der Waals surface area (Å²) < 4.78 is 2.32. The Kier molecular flexibility index (Phi) is 4.72. The lowest BCUT2D eigenvalue weighted by molar-refractivity contribution is 0.281. The summed E-state index contributed by atoms with van der Waals surface area (Å²) in [6.07, 6.45) is 17.5. The van der Waals surface area contributed by atoms with Crippen LogP contribution < -0.4 is 5.73 Å². The molecular formula is C22H31N5. The van der Waals surface area contributed by atoms with Crippen molar-refractivity contribution >= 4 is 0 Å². The summed E-state index contributed by atoms with van der Waals surface area (Å²) in [5, 5.41) is 4.79. The van der Waals surface area contributed by atoms with E-state index in [0.717, 1.165) is 43.1 Å². The third-order valence-corrected chi connectivity index (χ3v) is 6.84. The van der Waals surface area contributed by atoms with Crippen LogP contribution in [0.4, 0.5) is 0 Å². The molecule has 0 unspecified atom stereocenters. The zero-order valence-corrected chi connectivity index (χ0v) is 16.2. The van der Waals surface area contributed by atoms with Gasteiger partial charge in [0.25, 0.3) is 0 Å². The lowest BCUT2D eigenvalue weighted by Gasteiger charge is -2.28. The van der Waals surface area contributed by atoms with Crippen molar-refractivity contribution in [3.8, 4) is 11.3 Å². The van der Waals surface area contributed by atoms with E-state index in [-0.39, 0.29) is 0 Å². The maximum absolute atomic E-state index is 6.05. The first kappa shape index (κ1) is 17.4. The summed E-state index contributed by atoms with van der Waals surface area (Å²) in [6.45, 7) is 0. The van der Waals surface area contributed by atoms with E-state index in [4.69, 9.17) is 15.8 Å². The normalized spacial score (nSPS) is 26.1. The Balaban J connectivity index is 1.38. The van der Waals surface area contributed by atoms with Gasteiger partial charge in [0.15, 0.2) is 0 Å². The van der Waals surface area contributed by atoms with Crippen molar-refractivity contribution in [1.82, 2.24) is 19.7 Å². The third-order valence-electron chi connectivity index (χ3n) is 6.84. The van der Waals surface area contributed by atoms with Crippen LogP contribution in [-0.4, -0.2) is 25.8 Å². The number of nitrogens with zero attached hydrogens (tertiary/aromatic N) is 4. The first-order valence-electron chi connectivity index (χ1n) is 10.9. The molecule has 5 rings (SSSR count). The molecule has 0 bridgehead atoms. The van der Waals surface area contributed by atoms with E-state index in [0.29, 0.717) is 18.0 Å². The number of nitrogens with two attached hydrogens (primary N) is 1. The highest BCUT2D eigenvalue weighted by atomic mass is 15.3. The maximum atomic E-state index is 6.05. The number of rotatable bonds is 6. The monoisotopic (exact) mass is 365 g/mol. The summed E-state index contributed by atoms with van der Waals surface area (Å²) in [6, 6.07) is 3.08. The minimum Gasteiger partial charge on any atom is -0.328 e. The van der Waals surface area contributed by atoms with Crippen LogP contribution in [-0.2, 0) is 12.8 Å². The molecule has 5 heteroatoms. The van der Waals surface area contributed by atoms with E-state index >= 15 is 0 Å². The Morgan fingerprint density at radius 2 is 1.70 bits per heavy atom. The van der Waals surface area contributed by atoms with Crippen LogP contribution in [0.1, 0.15) is 75.3 Å². The lowest BCUT2D eigenvalue weighted by atomic mass is 9.84. The largest absolute Gasteiger partial charge is 0.328 e. The van der Waals surface area contributed by atoms with Gasteiger partial charge in [0.05, 0.1) is 17.9 Å². The fraction of sp³-hybridized carbons (Fsp3) is 0.682. The van der Waals surface area contributed by atoms with Crippen molar-refractivity contribution < 1.29 is 0 Å². The van der Waals surface area contributed by atoms with Gasteiger partial charge in [0.1, 0.15) is 5.82 Å². The maximum Gasteiger partial charge on any atom is 0.129 e. The fourth-order valence-electron chi connectivity index (χ4n) is 4.64. The molecule has 2 aromatic heterocycles. The molecule has 0 atom stereocenters. The van der Waals surface area contributed by atoms with Gasteiger partial charge in [-0.1, -0.05) is 0 Å². The first-order valence-corrected chi connectivity index (χ1v) is 10.9. The Labute approximate surface area is 161 Å². The van der Waals surface area contributed by atoms with Crippen LogP contribution >= 0.6 is 0 Å². The van der Waals surface area contributed by atoms with Gasteiger partial charge >= 0.3 is 0 Å². The molecule has 2 aromatic rings. The second-order valence-corrected chi connectivity index (χ2v) is 9.02. The van der Waals surface area contributed by atoms with Crippen molar-refractivity contribution in [2.75, 3.05) is 0 Å². The van der Waals surface area contributed by atoms with Gasteiger partial charge in [-0.3, -0.25) is 4.68 Å². The van der Waals surface area contributed by atoms with Crippen LogP contribution in [0.3, 0.4) is 0 Å². The van der Waals surface area contributed by atoms with Crippen LogP contribution in [0.25, 0.3) is 11.3 Å². The lowest BCUT2D eigenvalue weighted by Crippen LogP contribution is -2.27. The zero-order chi connectivity index (χ0) is 18.2. The molecule has 0 saturated heterocycles. The second kappa shape index (κ2) is 7.34. The predicted octanol–water partition coefficient (Wildman–Crippen LogP) is 4.08. The van der Waals surface area contributed by atoms with Crippen LogP contribution in [0.5, 0.6) is 0 Å². The average molecular weight is 366 g/mol. The van der Waals surface area contributed by atoms with Crippen LogP contribution in [0.2, 0.25) is 0 Å². The van der Waals surface area contributed by atoms with Gasteiger partial charge in [-0.25, -0.2) is 9.97 Å². The van der Waals surface area contributed by atoms with Gasteiger partial charge in [-0.15, -0.1) is 0 Å². The van der Waals surface area contributed by atoms with E-state index in [2.05, 4.69) is 21.9 Å². The number of hydrogen-bond donors (Lipinski definition) is 1. The predicted molar refractivity (Wildman–Crippen MR) is 106 cm³/mol. The highest BCUT2D eigenvalue weighted by molar-refractivity contribution is 5.61. The molecule has 2 heterocycles. The molecule has 0 aromatic carbocycles. The smallest absolute Gasteiger partial charge is 0.129 e. The van der Waals surface area contributed by atoms with Crippen LogP contribution in [0, 0.1) is 11.8 Å². The van der Waals surface area contributed by atoms with Crippen molar-refractivity contribution in [2.24, 2.45) is 17.6 Å².